The van der Waals surface area contributed by atoms with E-state index in [0.29, 0.717) is 16.5 Å². The number of pyridine rings is 1. The summed E-state index contributed by atoms with van der Waals surface area (Å²) >= 11 is 1.11. The molecule has 4 heterocycles. The summed E-state index contributed by atoms with van der Waals surface area (Å²) in [5.41, 5.74) is 0.939. The predicted molar refractivity (Wildman–Crippen MR) is 108 cm³/mol. The molecule has 4 rings (SSSR count). The molecule has 3 aromatic heterocycles. The number of nitrogens with zero attached hydrogens (tertiary/aromatic N) is 4. The van der Waals surface area contributed by atoms with Gasteiger partial charge in [0.15, 0.2) is 5.69 Å². The Morgan fingerprint density at radius 3 is 2.76 bits per heavy atom. The molecule has 0 saturated carbocycles. The number of carboxylic acids is 1. The molecule has 0 radical (unpaired) electrons. The zero-order valence-electron chi connectivity index (χ0n) is 15.5. The highest BCUT2D eigenvalue weighted by Gasteiger charge is 2.22. The van der Waals surface area contributed by atoms with Crippen molar-refractivity contribution in [3.05, 3.63) is 48.2 Å². The third-order valence-electron chi connectivity index (χ3n) is 4.78. The van der Waals surface area contributed by atoms with Crippen molar-refractivity contribution in [1.82, 2.24) is 25.1 Å². The number of carbonyl (C=O) groups excluding carboxylic acids is 1. The number of amides is 1. The molecule has 0 unspecified atom stereocenters. The first-order valence-electron chi connectivity index (χ1n) is 9.29. The van der Waals surface area contributed by atoms with Crippen molar-refractivity contribution >= 4 is 28.2 Å². The first kappa shape index (κ1) is 19.2. The van der Waals surface area contributed by atoms with E-state index >= 15 is 0 Å². The van der Waals surface area contributed by atoms with Crippen LogP contribution in [0.5, 0.6) is 0 Å². The molecule has 29 heavy (non-hydrogen) atoms. The molecule has 1 saturated heterocycles. The maximum absolute atomic E-state index is 12.6. The molecule has 9 nitrogen and oxygen atoms in total. The van der Waals surface area contributed by atoms with Crippen LogP contribution in [0.4, 0.5) is 5.00 Å². The van der Waals surface area contributed by atoms with Gasteiger partial charge in [-0.05, 0) is 44.0 Å². The number of aromatic nitrogens is 4. The van der Waals surface area contributed by atoms with Gasteiger partial charge in [-0.1, -0.05) is 11.3 Å². The number of nitrogens with one attached hydrogen (secondary N) is 2. The Hall–Kier alpha value is -3.11. The molecular weight excluding hydrogens is 392 g/mol. The van der Waals surface area contributed by atoms with E-state index in [1.165, 1.54) is 6.20 Å². The van der Waals surface area contributed by atoms with Gasteiger partial charge in [0.25, 0.3) is 5.91 Å². The highest BCUT2D eigenvalue weighted by Crippen LogP contribution is 2.32. The highest BCUT2D eigenvalue weighted by atomic mass is 32.1. The predicted octanol–water partition coefficient (Wildman–Crippen LogP) is 2.35. The molecule has 0 bridgehead atoms. The fourth-order valence-electron chi connectivity index (χ4n) is 3.25. The van der Waals surface area contributed by atoms with E-state index in [4.69, 9.17) is 0 Å². The van der Waals surface area contributed by atoms with Crippen LogP contribution in [-0.2, 0) is 6.54 Å². The van der Waals surface area contributed by atoms with Gasteiger partial charge >= 0.3 is 5.97 Å². The van der Waals surface area contributed by atoms with Gasteiger partial charge in [-0.15, -0.1) is 0 Å². The normalized spacial score (nSPS) is 14.6. The van der Waals surface area contributed by atoms with E-state index in [1.54, 1.807) is 35.4 Å². The molecule has 1 fully saturated rings. The van der Waals surface area contributed by atoms with E-state index < -0.39 is 11.9 Å². The monoisotopic (exact) mass is 412 g/mol. The number of hydrogen-bond donors (Lipinski definition) is 3. The molecule has 0 aromatic carbocycles. The van der Waals surface area contributed by atoms with Crippen molar-refractivity contribution in [2.75, 3.05) is 18.4 Å². The average molecular weight is 412 g/mol. The number of piperidine rings is 1. The quantitative estimate of drug-likeness (QED) is 0.568. The number of anilines is 1. The molecular formula is C19H20N6O3S. The van der Waals surface area contributed by atoms with Crippen LogP contribution in [0.1, 0.15) is 33.7 Å². The summed E-state index contributed by atoms with van der Waals surface area (Å²) in [6.45, 7) is 2.77. The summed E-state index contributed by atoms with van der Waals surface area (Å²) in [5.74, 6) is -1.07. The summed E-state index contributed by atoms with van der Waals surface area (Å²) < 4.78 is 1.78. The minimum atomic E-state index is -1.20. The fraction of sp³-hybridized carbons (Fsp3) is 0.316. The van der Waals surface area contributed by atoms with E-state index in [9.17, 15) is 14.7 Å². The Balaban J connectivity index is 1.49. The summed E-state index contributed by atoms with van der Waals surface area (Å²) in [5, 5.41) is 20.4. The molecule has 150 valence electrons. The Labute approximate surface area is 170 Å². The molecule has 1 amide bonds. The fourth-order valence-corrected chi connectivity index (χ4v) is 4.21. The van der Waals surface area contributed by atoms with E-state index in [1.807, 2.05) is 0 Å². The number of carboxylic acid groups (broad SMARTS) is 1. The number of thiazole rings is 1. The first-order valence-corrected chi connectivity index (χ1v) is 10.1. The lowest BCUT2D eigenvalue weighted by atomic mass is 9.98. The summed E-state index contributed by atoms with van der Waals surface area (Å²) in [6.07, 6.45) is 8.58. The van der Waals surface area contributed by atoms with Crippen LogP contribution in [0.2, 0.25) is 0 Å². The first-order chi connectivity index (χ1) is 14.1. The Kier molecular flexibility index (Phi) is 5.63. The molecule has 0 aliphatic carbocycles. The standard InChI is InChI=1S/C19H20N6O3S/c26-16(14-9-22-25(11-14)10-12-1-5-20-6-2-12)24-18-15(19(27)28)23-17(29-18)13-3-7-21-8-4-13/h3-4,7-9,11-12,20H,1-2,5-6,10H2,(H,24,26)(H,27,28). The van der Waals surface area contributed by atoms with Crippen LogP contribution in [0.15, 0.2) is 36.9 Å². The lowest BCUT2D eigenvalue weighted by molar-refractivity contribution is 0.0692. The van der Waals surface area contributed by atoms with Gasteiger partial charge in [-0.2, -0.15) is 5.10 Å². The molecule has 0 spiro atoms. The van der Waals surface area contributed by atoms with Crippen LogP contribution in [0.25, 0.3) is 10.6 Å². The smallest absolute Gasteiger partial charge is 0.357 e. The van der Waals surface area contributed by atoms with Gasteiger partial charge in [0, 0.05) is 30.7 Å². The van der Waals surface area contributed by atoms with Crippen molar-refractivity contribution in [1.29, 1.82) is 0 Å². The van der Waals surface area contributed by atoms with Crippen LogP contribution in [-0.4, -0.2) is 49.8 Å². The largest absolute Gasteiger partial charge is 0.476 e. The second kappa shape index (κ2) is 8.50. The van der Waals surface area contributed by atoms with Crippen LogP contribution >= 0.6 is 11.3 Å². The van der Waals surface area contributed by atoms with Crippen molar-refractivity contribution < 1.29 is 14.7 Å². The maximum Gasteiger partial charge on any atom is 0.357 e. The Morgan fingerprint density at radius 1 is 1.28 bits per heavy atom. The molecule has 0 atom stereocenters. The van der Waals surface area contributed by atoms with Crippen LogP contribution < -0.4 is 10.6 Å². The second-order valence-electron chi connectivity index (χ2n) is 6.84. The second-order valence-corrected chi connectivity index (χ2v) is 7.84. The highest BCUT2D eigenvalue weighted by molar-refractivity contribution is 7.19. The van der Waals surface area contributed by atoms with Crippen LogP contribution in [0, 0.1) is 5.92 Å². The molecule has 1 aliphatic rings. The van der Waals surface area contributed by atoms with Crippen molar-refractivity contribution in [3.63, 3.8) is 0 Å². The van der Waals surface area contributed by atoms with Crippen molar-refractivity contribution in [3.8, 4) is 10.6 Å². The van der Waals surface area contributed by atoms with E-state index in [-0.39, 0.29) is 10.7 Å². The maximum atomic E-state index is 12.6. The van der Waals surface area contributed by atoms with Gasteiger partial charge in [0.05, 0.1) is 11.8 Å². The molecule has 1 aliphatic heterocycles. The number of rotatable bonds is 6. The Morgan fingerprint density at radius 2 is 2.03 bits per heavy atom. The Bertz CT molecular complexity index is 1010. The van der Waals surface area contributed by atoms with Crippen molar-refractivity contribution in [2.24, 2.45) is 5.92 Å². The molecule has 3 aromatic rings. The summed E-state index contributed by atoms with van der Waals surface area (Å²) in [4.78, 5) is 32.3. The van der Waals surface area contributed by atoms with Gasteiger partial charge in [-0.3, -0.25) is 14.5 Å². The third kappa shape index (κ3) is 4.49. The molecule has 10 heteroatoms. The van der Waals surface area contributed by atoms with Gasteiger partial charge in [-0.25, -0.2) is 9.78 Å². The third-order valence-corrected chi connectivity index (χ3v) is 5.80. The average Bonchev–Trinajstić information content (AvgIpc) is 3.37. The van der Waals surface area contributed by atoms with E-state index in [0.717, 1.165) is 49.4 Å². The minimum Gasteiger partial charge on any atom is -0.476 e. The lowest BCUT2D eigenvalue weighted by Gasteiger charge is -2.22. The van der Waals surface area contributed by atoms with Crippen LogP contribution in [0.3, 0.4) is 0 Å². The zero-order chi connectivity index (χ0) is 20.2. The minimum absolute atomic E-state index is 0.183. The van der Waals surface area contributed by atoms with Gasteiger partial charge < -0.3 is 15.7 Å². The van der Waals surface area contributed by atoms with Crippen molar-refractivity contribution in [2.45, 2.75) is 19.4 Å². The number of hydrogen-bond acceptors (Lipinski definition) is 7. The summed E-state index contributed by atoms with van der Waals surface area (Å²) in [7, 11) is 0. The zero-order valence-corrected chi connectivity index (χ0v) is 16.4. The van der Waals surface area contributed by atoms with E-state index in [2.05, 4.69) is 25.7 Å². The van der Waals surface area contributed by atoms with Gasteiger partial charge in [0.2, 0.25) is 0 Å². The number of aromatic carboxylic acids is 1. The SMILES string of the molecule is O=C(Nc1sc(-c2ccncc2)nc1C(=O)O)c1cnn(CC2CCNCC2)c1. The number of carbonyl (C=O) groups is 2. The van der Waals surface area contributed by atoms with Gasteiger partial charge in [0.1, 0.15) is 10.0 Å². The topological polar surface area (TPSA) is 122 Å². The lowest BCUT2D eigenvalue weighted by Crippen LogP contribution is -2.30. The molecule has 3 N–H and O–H groups in total. The summed E-state index contributed by atoms with van der Waals surface area (Å²) in [6, 6.07) is 3.47.